The molecule has 1 atom stereocenters. The number of H-pyrrole nitrogens is 1. The first-order chi connectivity index (χ1) is 8.79. The van der Waals surface area contributed by atoms with Crippen LogP contribution >= 0.6 is 0 Å². The second kappa shape index (κ2) is 6.71. The van der Waals surface area contributed by atoms with E-state index >= 15 is 0 Å². The number of ketones is 1. The summed E-state index contributed by atoms with van der Waals surface area (Å²) in [5.74, 6) is 0.163. The zero-order valence-corrected chi connectivity index (χ0v) is 11.0. The Balaban J connectivity index is 1.80. The third-order valence-corrected chi connectivity index (χ3v) is 3.29. The van der Waals surface area contributed by atoms with Crippen LogP contribution < -0.4 is 0 Å². The number of hydrogen-bond donors (Lipinski definition) is 1. The van der Waals surface area contributed by atoms with Gasteiger partial charge in [0.2, 0.25) is 0 Å². The van der Waals surface area contributed by atoms with Gasteiger partial charge in [0.05, 0.1) is 18.3 Å². The van der Waals surface area contributed by atoms with Crippen LogP contribution in [-0.4, -0.2) is 48.0 Å². The fourth-order valence-electron chi connectivity index (χ4n) is 2.37. The van der Waals surface area contributed by atoms with Crippen LogP contribution in [0.4, 0.5) is 0 Å². The Bertz CT molecular complexity index is 362. The SMILES string of the molecule is CCCOC1CCCN(CC(=O)c2ccc[nH]2)C1. The third kappa shape index (κ3) is 3.68. The van der Waals surface area contributed by atoms with Crippen LogP contribution in [0.1, 0.15) is 36.7 Å². The van der Waals surface area contributed by atoms with Crippen molar-refractivity contribution in [2.75, 3.05) is 26.2 Å². The standard InChI is InChI=1S/C14H22N2O2/c1-2-9-18-12-5-4-8-16(10-12)11-14(17)13-6-3-7-15-13/h3,6-7,12,15H,2,4-5,8-11H2,1H3. The topological polar surface area (TPSA) is 45.3 Å². The van der Waals surface area contributed by atoms with Crippen molar-refractivity contribution in [3.05, 3.63) is 24.0 Å². The van der Waals surface area contributed by atoms with Crippen LogP contribution in [-0.2, 0) is 4.74 Å². The van der Waals surface area contributed by atoms with Crippen molar-refractivity contribution < 1.29 is 9.53 Å². The molecule has 2 rings (SSSR count). The molecule has 2 heterocycles. The third-order valence-electron chi connectivity index (χ3n) is 3.29. The molecule has 100 valence electrons. The molecule has 4 nitrogen and oxygen atoms in total. The summed E-state index contributed by atoms with van der Waals surface area (Å²) in [5.41, 5.74) is 0.701. The van der Waals surface area contributed by atoms with Gasteiger partial charge < -0.3 is 9.72 Å². The summed E-state index contributed by atoms with van der Waals surface area (Å²) in [6.45, 7) is 5.32. The predicted molar refractivity (Wildman–Crippen MR) is 70.8 cm³/mol. The van der Waals surface area contributed by atoms with E-state index in [4.69, 9.17) is 4.74 Å². The van der Waals surface area contributed by atoms with Gasteiger partial charge in [0.25, 0.3) is 0 Å². The molecule has 1 unspecified atom stereocenters. The first kappa shape index (κ1) is 13.3. The Hall–Kier alpha value is -1.13. The van der Waals surface area contributed by atoms with E-state index in [1.807, 2.05) is 12.1 Å². The maximum absolute atomic E-state index is 12.0. The minimum absolute atomic E-state index is 0.163. The molecule has 1 aliphatic rings. The van der Waals surface area contributed by atoms with Gasteiger partial charge >= 0.3 is 0 Å². The fraction of sp³-hybridized carbons (Fsp3) is 0.643. The van der Waals surface area contributed by atoms with Gasteiger partial charge in [0, 0.05) is 19.3 Å². The molecule has 0 spiro atoms. The van der Waals surface area contributed by atoms with Crippen molar-refractivity contribution >= 4 is 5.78 Å². The summed E-state index contributed by atoms with van der Waals surface area (Å²) in [7, 11) is 0. The van der Waals surface area contributed by atoms with E-state index in [1.165, 1.54) is 0 Å². The molecule has 0 saturated carbocycles. The van der Waals surface area contributed by atoms with Crippen molar-refractivity contribution in [3.63, 3.8) is 0 Å². The average Bonchev–Trinajstić information content (AvgIpc) is 2.91. The number of rotatable bonds is 6. The van der Waals surface area contributed by atoms with Crippen molar-refractivity contribution in [2.45, 2.75) is 32.3 Å². The summed E-state index contributed by atoms with van der Waals surface area (Å²) in [4.78, 5) is 17.1. The van der Waals surface area contributed by atoms with E-state index in [1.54, 1.807) is 6.20 Å². The van der Waals surface area contributed by atoms with Gasteiger partial charge in [-0.15, -0.1) is 0 Å². The van der Waals surface area contributed by atoms with Gasteiger partial charge in [-0.1, -0.05) is 6.92 Å². The highest BCUT2D eigenvalue weighted by Crippen LogP contribution is 2.14. The predicted octanol–water partition coefficient (Wildman–Crippen LogP) is 2.09. The highest BCUT2D eigenvalue weighted by Gasteiger charge is 2.22. The molecule has 0 radical (unpaired) electrons. The lowest BCUT2D eigenvalue weighted by Crippen LogP contribution is -2.42. The second-order valence-corrected chi connectivity index (χ2v) is 4.88. The number of Topliss-reactive ketones (excluding diaryl/α,β-unsaturated/α-hetero) is 1. The highest BCUT2D eigenvalue weighted by molar-refractivity contribution is 5.95. The maximum atomic E-state index is 12.0. The Morgan fingerprint density at radius 1 is 1.61 bits per heavy atom. The number of hydrogen-bond acceptors (Lipinski definition) is 3. The lowest BCUT2D eigenvalue weighted by Gasteiger charge is -2.31. The first-order valence-electron chi connectivity index (χ1n) is 6.80. The lowest BCUT2D eigenvalue weighted by molar-refractivity contribution is 0.00127. The van der Waals surface area contributed by atoms with Gasteiger partial charge in [-0.25, -0.2) is 0 Å². The van der Waals surface area contributed by atoms with E-state index in [2.05, 4.69) is 16.8 Å². The largest absolute Gasteiger partial charge is 0.377 e. The second-order valence-electron chi connectivity index (χ2n) is 4.88. The van der Waals surface area contributed by atoms with Gasteiger partial charge in [-0.3, -0.25) is 9.69 Å². The zero-order chi connectivity index (χ0) is 12.8. The number of aromatic amines is 1. The van der Waals surface area contributed by atoms with Crippen molar-refractivity contribution in [1.82, 2.24) is 9.88 Å². The lowest BCUT2D eigenvalue weighted by atomic mass is 10.1. The van der Waals surface area contributed by atoms with E-state index < -0.39 is 0 Å². The molecule has 0 bridgehead atoms. The molecule has 18 heavy (non-hydrogen) atoms. The molecule has 0 aliphatic carbocycles. The van der Waals surface area contributed by atoms with E-state index in [9.17, 15) is 4.79 Å². The van der Waals surface area contributed by atoms with Crippen LogP contribution in [0.25, 0.3) is 0 Å². The fourth-order valence-corrected chi connectivity index (χ4v) is 2.37. The van der Waals surface area contributed by atoms with Gasteiger partial charge in [-0.05, 0) is 37.9 Å². The Kier molecular flexibility index (Phi) is 4.96. The molecule has 0 amide bonds. The molecular weight excluding hydrogens is 228 g/mol. The molecule has 1 aromatic heterocycles. The first-order valence-corrected chi connectivity index (χ1v) is 6.80. The number of aromatic nitrogens is 1. The van der Waals surface area contributed by atoms with Crippen molar-refractivity contribution in [1.29, 1.82) is 0 Å². The molecule has 1 N–H and O–H groups in total. The summed E-state index contributed by atoms with van der Waals surface area (Å²) < 4.78 is 5.77. The molecule has 1 fully saturated rings. The van der Waals surface area contributed by atoms with E-state index in [0.29, 0.717) is 18.3 Å². The number of carbonyl (C=O) groups excluding carboxylic acids is 1. The molecule has 1 aromatic rings. The number of ether oxygens (including phenoxy) is 1. The number of likely N-dealkylation sites (tertiary alicyclic amines) is 1. The van der Waals surface area contributed by atoms with Crippen LogP contribution in [0.15, 0.2) is 18.3 Å². The van der Waals surface area contributed by atoms with Gasteiger partial charge in [0.15, 0.2) is 5.78 Å². The van der Waals surface area contributed by atoms with E-state index in [0.717, 1.165) is 39.0 Å². The highest BCUT2D eigenvalue weighted by atomic mass is 16.5. The average molecular weight is 250 g/mol. The minimum atomic E-state index is 0.163. The van der Waals surface area contributed by atoms with E-state index in [-0.39, 0.29) is 5.78 Å². The van der Waals surface area contributed by atoms with Crippen LogP contribution in [0.3, 0.4) is 0 Å². The maximum Gasteiger partial charge on any atom is 0.192 e. The molecule has 1 aliphatic heterocycles. The van der Waals surface area contributed by atoms with Gasteiger partial charge in [0.1, 0.15) is 0 Å². The summed E-state index contributed by atoms with van der Waals surface area (Å²) in [6, 6.07) is 3.69. The van der Waals surface area contributed by atoms with Gasteiger partial charge in [-0.2, -0.15) is 0 Å². The smallest absolute Gasteiger partial charge is 0.192 e. The summed E-state index contributed by atoms with van der Waals surface area (Å²) >= 11 is 0. The molecular formula is C14H22N2O2. The Labute approximate surface area is 108 Å². The monoisotopic (exact) mass is 250 g/mol. The number of nitrogens with one attached hydrogen (secondary N) is 1. The molecule has 4 heteroatoms. The normalized spacial score (nSPS) is 21.1. The molecule has 0 aromatic carbocycles. The van der Waals surface area contributed by atoms with Crippen molar-refractivity contribution in [3.8, 4) is 0 Å². The molecule has 1 saturated heterocycles. The number of nitrogens with zero attached hydrogens (tertiary/aromatic N) is 1. The Morgan fingerprint density at radius 3 is 3.22 bits per heavy atom. The number of piperidine rings is 1. The Morgan fingerprint density at radius 2 is 2.50 bits per heavy atom. The van der Waals surface area contributed by atoms with Crippen LogP contribution in [0, 0.1) is 0 Å². The van der Waals surface area contributed by atoms with Crippen molar-refractivity contribution in [2.24, 2.45) is 0 Å². The zero-order valence-electron chi connectivity index (χ0n) is 11.0. The quantitative estimate of drug-likeness (QED) is 0.786. The van der Waals surface area contributed by atoms with Crippen LogP contribution in [0.5, 0.6) is 0 Å². The van der Waals surface area contributed by atoms with Crippen LogP contribution in [0.2, 0.25) is 0 Å². The number of carbonyl (C=O) groups is 1. The minimum Gasteiger partial charge on any atom is -0.377 e. The summed E-state index contributed by atoms with van der Waals surface area (Å²) in [6.07, 6.45) is 5.38. The summed E-state index contributed by atoms with van der Waals surface area (Å²) in [5, 5.41) is 0.